The zero-order valence-electron chi connectivity index (χ0n) is 14.1. The number of amides is 1. The smallest absolute Gasteiger partial charge is 0.230 e. The molecule has 2 aromatic heterocycles. The quantitative estimate of drug-likeness (QED) is 0.638. The number of nitrogens with zero attached hydrogens (tertiary/aromatic N) is 3. The summed E-state index contributed by atoms with van der Waals surface area (Å²) in [5, 5.41) is 16.0. The predicted molar refractivity (Wildman–Crippen MR) is 103 cm³/mol. The molecular formula is C18H20N4OS2. The molecule has 25 heavy (non-hydrogen) atoms. The first-order valence-corrected chi connectivity index (χ1v) is 10.4. The minimum atomic E-state index is 0.0843. The van der Waals surface area contributed by atoms with Gasteiger partial charge in [0, 0.05) is 33.6 Å². The second kappa shape index (κ2) is 7.17. The molecule has 1 fully saturated rings. The summed E-state index contributed by atoms with van der Waals surface area (Å²) >= 11 is 3.19. The van der Waals surface area contributed by atoms with Crippen LogP contribution in [0.2, 0.25) is 0 Å². The molecule has 1 aliphatic carbocycles. The van der Waals surface area contributed by atoms with Crippen molar-refractivity contribution in [1.29, 1.82) is 0 Å². The third-order valence-electron chi connectivity index (χ3n) is 4.16. The van der Waals surface area contributed by atoms with E-state index in [4.69, 9.17) is 0 Å². The number of aromatic nitrogens is 3. The Morgan fingerprint density at radius 3 is 3.00 bits per heavy atom. The first-order valence-electron chi connectivity index (χ1n) is 8.58. The van der Waals surface area contributed by atoms with E-state index in [1.54, 1.807) is 11.3 Å². The van der Waals surface area contributed by atoms with Crippen molar-refractivity contribution in [3.05, 3.63) is 29.6 Å². The predicted octanol–water partition coefficient (Wildman–Crippen LogP) is 3.94. The molecule has 7 heteroatoms. The molecule has 0 radical (unpaired) electrons. The number of fused-ring (bicyclic) bond motifs is 1. The Labute approximate surface area is 154 Å². The van der Waals surface area contributed by atoms with Gasteiger partial charge in [-0.15, -0.1) is 21.5 Å². The number of thioether (sulfide) groups is 1. The Kier molecular flexibility index (Phi) is 4.76. The van der Waals surface area contributed by atoms with Gasteiger partial charge in [-0.05, 0) is 25.3 Å². The zero-order chi connectivity index (χ0) is 17.2. The number of hydrogen-bond acceptors (Lipinski definition) is 5. The fourth-order valence-electron chi connectivity index (χ4n) is 2.80. The Balaban J connectivity index is 1.59. The summed E-state index contributed by atoms with van der Waals surface area (Å²) in [5.41, 5.74) is 1.12. The fraction of sp³-hybridized carbons (Fsp3) is 0.389. The lowest BCUT2D eigenvalue weighted by Crippen LogP contribution is -2.27. The van der Waals surface area contributed by atoms with Crippen LogP contribution in [0, 0.1) is 0 Å². The highest BCUT2D eigenvalue weighted by atomic mass is 32.2. The average Bonchev–Trinajstić information content (AvgIpc) is 3.19. The van der Waals surface area contributed by atoms with E-state index >= 15 is 0 Å². The summed E-state index contributed by atoms with van der Waals surface area (Å²) in [6.45, 7) is 2.99. The Morgan fingerprint density at radius 2 is 2.20 bits per heavy atom. The number of benzene rings is 1. The van der Waals surface area contributed by atoms with E-state index in [1.165, 1.54) is 21.8 Å². The van der Waals surface area contributed by atoms with Crippen molar-refractivity contribution in [1.82, 2.24) is 20.1 Å². The van der Waals surface area contributed by atoms with Crippen LogP contribution >= 0.6 is 23.1 Å². The number of carbonyl (C=O) groups is 1. The van der Waals surface area contributed by atoms with Crippen LogP contribution in [0.4, 0.5) is 0 Å². The van der Waals surface area contributed by atoms with E-state index in [0.717, 1.165) is 42.4 Å². The molecule has 0 aliphatic heterocycles. The lowest BCUT2D eigenvalue weighted by atomic mass is 10.1. The Bertz CT molecular complexity index is 898. The lowest BCUT2D eigenvalue weighted by molar-refractivity contribution is -0.118. The van der Waals surface area contributed by atoms with Crippen molar-refractivity contribution < 1.29 is 4.79 Å². The van der Waals surface area contributed by atoms with E-state index in [2.05, 4.69) is 56.7 Å². The minimum Gasteiger partial charge on any atom is -0.353 e. The van der Waals surface area contributed by atoms with Crippen LogP contribution in [0.15, 0.2) is 34.8 Å². The molecule has 0 saturated heterocycles. The van der Waals surface area contributed by atoms with Crippen LogP contribution in [0.25, 0.3) is 21.5 Å². The number of carbonyl (C=O) groups excluding carboxylic acids is 1. The van der Waals surface area contributed by atoms with Gasteiger partial charge in [0.15, 0.2) is 11.0 Å². The molecule has 1 amide bonds. The topological polar surface area (TPSA) is 59.8 Å². The molecule has 1 aliphatic rings. The van der Waals surface area contributed by atoms with Crippen LogP contribution in [0.5, 0.6) is 0 Å². The van der Waals surface area contributed by atoms with E-state index in [-0.39, 0.29) is 5.91 Å². The highest BCUT2D eigenvalue weighted by Gasteiger charge is 2.24. The van der Waals surface area contributed by atoms with Crippen molar-refractivity contribution in [2.75, 3.05) is 5.75 Å². The third-order valence-corrected chi connectivity index (χ3v) is 6.09. The number of nitrogens with one attached hydrogen (secondary N) is 1. The normalized spacial score (nSPS) is 14.1. The monoisotopic (exact) mass is 372 g/mol. The molecule has 130 valence electrons. The standard InChI is InChI=1S/C18H20N4OS2/c1-2-9-22-17(14-10-24-15-6-4-3-5-13(14)15)20-21-18(22)25-11-16(23)19-12-7-8-12/h3-6,10,12H,2,7-9,11H2,1H3,(H,19,23). The number of hydrogen-bond donors (Lipinski definition) is 1. The summed E-state index contributed by atoms with van der Waals surface area (Å²) < 4.78 is 3.39. The van der Waals surface area contributed by atoms with Gasteiger partial charge in [0.2, 0.25) is 5.91 Å². The third kappa shape index (κ3) is 3.57. The van der Waals surface area contributed by atoms with Crippen molar-refractivity contribution in [2.24, 2.45) is 0 Å². The van der Waals surface area contributed by atoms with Gasteiger partial charge < -0.3 is 9.88 Å². The van der Waals surface area contributed by atoms with Gasteiger partial charge >= 0.3 is 0 Å². The van der Waals surface area contributed by atoms with Crippen molar-refractivity contribution in [3.8, 4) is 11.4 Å². The SMILES string of the molecule is CCCn1c(SCC(=O)NC2CC2)nnc1-c1csc2ccccc12. The molecular weight excluding hydrogens is 352 g/mol. The summed E-state index contributed by atoms with van der Waals surface area (Å²) in [5.74, 6) is 1.37. The maximum absolute atomic E-state index is 12.0. The Hall–Kier alpha value is -1.86. The highest BCUT2D eigenvalue weighted by molar-refractivity contribution is 7.99. The molecule has 4 rings (SSSR count). The summed E-state index contributed by atoms with van der Waals surface area (Å²) in [7, 11) is 0. The van der Waals surface area contributed by atoms with E-state index in [0.29, 0.717) is 11.8 Å². The van der Waals surface area contributed by atoms with Crippen LogP contribution in [-0.4, -0.2) is 32.5 Å². The fourth-order valence-corrected chi connectivity index (χ4v) is 4.51. The molecule has 3 aromatic rings. The average molecular weight is 373 g/mol. The van der Waals surface area contributed by atoms with Crippen molar-refractivity contribution in [2.45, 2.75) is 43.9 Å². The summed E-state index contributed by atoms with van der Waals surface area (Å²) in [6, 6.07) is 8.76. The van der Waals surface area contributed by atoms with Crippen molar-refractivity contribution >= 4 is 39.1 Å². The number of rotatable bonds is 7. The second-order valence-corrected chi connectivity index (χ2v) is 8.09. The second-order valence-electron chi connectivity index (χ2n) is 6.23. The van der Waals surface area contributed by atoms with Crippen LogP contribution in [0.3, 0.4) is 0 Å². The maximum atomic E-state index is 12.0. The first kappa shape index (κ1) is 16.6. The van der Waals surface area contributed by atoms with E-state index < -0.39 is 0 Å². The van der Waals surface area contributed by atoms with Gasteiger partial charge in [-0.3, -0.25) is 4.79 Å². The van der Waals surface area contributed by atoms with Crippen LogP contribution < -0.4 is 5.32 Å². The van der Waals surface area contributed by atoms with Gasteiger partial charge in [-0.2, -0.15) is 0 Å². The lowest BCUT2D eigenvalue weighted by Gasteiger charge is -2.08. The van der Waals surface area contributed by atoms with Gasteiger partial charge in [-0.1, -0.05) is 36.9 Å². The van der Waals surface area contributed by atoms with Crippen LogP contribution in [-0.2, 0) is 11.3 Å². The molecule has 0 unspecified atom stereocenters. The molecule has 1 aromatic carbocycles. The van der Waals surface area contributed by atoms with E-state index in [9.17, 15) is 4.79 Å². The van der Waals surface area contributed by atoms with E-state index in [1.807, 2.05) is 0 Å². The van der Waals surface area contributed by atoms with Gasteiger partial charge in [0.05, 0.1) is 5.75 Å². The maximum Gasteiger partial charge on any atom is 0.230 e. The molecule has 2 heterocycles. The van der Waals surface area contributed by atoms with Gasteiger partial charge in [-0.25, -0.2) is 0 Å². The highest BCUT2D eigenvalue weighted by Crippen LogP contribution is 2.34. The zero-order valence-corrected chi connectivity index (χ0v) is 15.7. The van der Waals surface area contributed by atoms with Crippen LogP contribution in [0.1, 0.15) is 26.2 Å². The van der Waals surface area contributed by atoms with Crippen molar-refractivity contribution in [3.63, 3.8) is 0 Å². The molecule has 5 nitrogen and oxygen atoms in total. The van der Waals surface area contributed by atoms with Gasteiger partial charge in [0.25, 0.3) is 0 Å². The molecule has 0 bridgehead atoms. The summed E-state index contributed by atoms with van der Waals surface area (Å²) in [6.07, 6.45) is 3.21. The molecule has 1 saturated carbocycles. The summed E-state index contributed by atoms with van der Waals surface area (Å²) in [4.78, 5) is 12.0. The van der Waals surface area contributed by atoms with Gasteiger partial charge in [0.1, 0.15) is 0 Å². The minimum absolute atomic E-state index is 0.0843. The first-order chi connectivity index (χ1) is 12.3. The molecule has 0 spiro atoms. The Morgan fingerprint density at radius 1 is 1.36 bits per heavy atom. The largest absolute Gasteiger partial charge is 0.353 e. The molecule has 0 atom stereocenters. The molecule has 1 N–H and O–H groups in total. The number of thiophene rings is 1.